The van der Waals surface area contributed by atoms with Gasteiger partial charge in [0, 0.05) is 29.8 Å². The molecule has 0 bridgehead atoms. The highest BCUT2D eigenvalue weighted by Crippen LogP contribution is 2.34. The quantitative estimate of drug-likeness (QED) is 0.563. The molecule has 0 aliphatic carbocycles. The normalized spacial score (nSPS) is 11.3. The monoisotopic (exact) mass is 395 g/mol. The maximum atomic E-state index is 15.4. The maximum absolute atomic E-state index is 15.4. The van der Waals surface area contributed by atoms with Crippen LogP contribution >= 0.6 is 0 Å². The lowest BCUT2D eigenvalue weighted by molar-refractivity contribution is 0.215. The van der Waals surface area contributed by atoms with E-state index in [2.05, 4.69) is 0 Å². The van der Waals surface area contributed by atoms with Crippen molar-refractivity contribution in [2.45, 2.75) is 26.8 Å². The summed E-state index contributed by atoms with van der Waals surface area (Å²) in [6.07, 6.45) is 0.645. The van der Waals surface area contributed by atoms with Gasteiger partial charge in [-0.1, -0.05) is 55.5 Å². The van der Waals surface area contributed by atoms with Crippen molar-refractivity contribution < 1.29 is 13.9 Å². The van der Waals surface area contributed by atoms with E-state index in [4.69, 9.17) is 5.11 Å². The Morgan fingerprint density at radius 3 is 2.31 bits per heavy atom. The zero-order valence-electron chi connectivity index (χ0n) is 17.2. The van der Waals surface area contributed by atoms with Gasteiger partial charge in [-0.2, -0.15) is 0 Å². The summed E-state index contributed by atoms with van der Waals surface area (Å²) < 4.78 is 30.4. The predicted molar refractivity (Wildman–Crippen MR) is 115 cm³/mol. The summed E-state index contributed by atoms with van der Waals surface area (Å²) >= 11 is 0. The van der Waals surface area contributed by atoms with Crippen molar-refractivity contribution in [3.05, 3.63) is 82.9 Å². The van der Waals surface area contributed by atoms with E-state index >= 15 is 4.39 Å². The van der Waals surface area contributed by atoms with Gasteiger partial charge >= 0.3 is 0 Å². The Morgan fingerprint density at radius 2 is 1.62 bits per heavy atom. The molecule has 3 aromatic carbocycles. The van der Waals surface area contributed by atoms with E-state index in [9.17, 15) is 4.39 Å². The van der Waals surface area contributed by atoms with Gasteiger partial charge in [0.05, 0.1) is 6.61 Å². The number of likely N-dealkylation sites (N-methyl/N-ethyl adjacent to an activating group) is 1. The topological polar surface area (TPSA) is 23.5 Å². The third-order valence-corrected chi connectivity index (χ3v) is 5.32. The van der Waals surface area contributed by atoms with Gasteiger partial charge in [-0.15, -0.1) is 0 Å². The fourth-order valence-corrected chi connectivity index (χ4v) is 3.70. The van der Waals surface area contributed by atoms with E-state index in [0.717, 1.165) is 16.7 Å². The lowest BCUT2D eigenvalue weighted by atomic mass is 9.93. The Kier molecular flexibility index (Phi) is 6.78. The standard InChI is InChI=1S/C25H27F2NO/c1-4-18-14-19(15-24(26)23(18)16-28(3)12-13-29)21-10-7-11-22(25(21)27)20-9-6-5-8-17(20)2/h5-11,14-15,29H,4,12-13,16H2,1-3H3. The van der Waals surface area contributed by atoms with Crippen LogP contribution in [-0.2, 0) is 13.0 Å². The fourth-order valence-electron chi connectivity index (χ4n) is 3.70. The van der Waals surface area contributed by atoms with Gasteiger partial charge < -0.3 is 5.11 Å². The van der Waals surface area contributed by atoms with Crippen LogP contribution in [0.1, 0.15) is 23.6 Å². The third-order valence-electron chi connectivity index (χ3n) is 5.32. The molecule has 1 N–H and O–H groups in total. The molecule has 0 atom stereocenters. The van der Waals surface area contributed by atoms with E-state index in [1.54, 1.807) is 12.1 Å². The second-order valence-corrected chi connectivity index (χ2v) is 7.39. The van der Waals surface area contributed by atoms with Crippen molar-refractivity contribution in [2.75, 3.05) is 20.2 Å². The number of aryl methyl sites for hydroxylation is 2. The Labute approximate surface area is 171 Å². The van der Waals surface area contributed by atoms with Gasteiger partial charge in [0.25, 0.3) is 0 Å². The highest BCUT2D eigenvalue weighted by Gasteiger charge is 2.17. The van der Waals surface area contributed by atoms with Gasteiger partial charge in [0.1, 0.15) is 11.6 Å². The number of aliphatic hydroxyl groups is 1. The highest BCUT2D eigenvalue weighted by molar-refractivity contribution is 5.76. The zero-order valence-corrected chi connectivity index (χ0v) is 17.2. The lowest BCUT2D eigenvalue weighted by Gasteiger charge is -2.19. The predicted octanol–water partition coefficient (Wildman–Crippen LogP) is 5.59. The molecule has 0 amide bonds. The van der Waals surface area contributed by atoms with Crippen molar-refractivity contribution in [1.82, 2.24) is 4.90 Å². The molecule has 0 heterocycles. The molecule has 0 aromatic heterocycles. The molecule has 0 aliphatic heterocycles. The summed E-state index contributed by atoms with van der Waals surface area (Å²) in [6, 6.07) is 16.2. The Hall–Kier alpha value is -2.56. The molecule has 0 saturated carbocycles. The smallest absolute Gasteiger partial charge is 0.138 e. The number of rotatable bonds is 7. The number of hydrogen-bond acceptors (Lipinski definition) is 2. The average molecular weight is 395 g/mol. The van der Waals surface area contributed by atoms with Crippen molar-refractivity contribution in [1.29, 1.82) is 0 Å². The molecule has 4 heteroatoms. The molecule has 0 aliphatic rings. The maximum Gasteiger partial charge on any atom is 0.138 e. The van der Waals surface area contributed by atoms with Crippen molar-refractivity contribution in [3.63, 3.8) is 0 Å². The van der Waals surface area contributed by atoms with Gasteiger partial charge in [-0.05, 0) is 48.7 Å². The van der Waals surface area contributed by atoms with Crippen LogP contribution in [0, 0.1) is 18.6 Å². The van der Waals surface area contributed by atoms with Crippen LogP contribution in [0.3, 0.4) is 0 Å². The van der Waals surface area contributed by atoms with Gasteiger partial charge in [0.15, 0.2) is 0 Å². The number of benzene rings is 3. The molecule has 0 unspecified atom stereocenters. The van der Waals surface area contributed by atoms with Crippen molar-refractivity contribution in [3.8, 4) is 22.3 Å². The second kappa shape index (κ2) is 9.29. The fraction of sp³-hybridized carbons (Fsp3) is 0.280. The molecule has 0 saturated heterocycles. The first kappa shape index (κ1) is 21.2. The molecule has 152 valence electrons. The molecule has 2 nitrogen and oxygen atoms in total. The zero-order chi connectivity index (χ0) is 21.0. The highest BCUT2D eigenvalue weighted by atomic mass is 19.1. The van der Waals surface area contributed by atoms with Gasteiger partial charge in [-0.25, -0.2) is 8.78 Å². The summed E-state index contributed by atoms with van der Waals surface area (Å²) in [5.41, 5.74) is 4.74. The Morgan fingerprint density at radius 1 is 0.931 bits per heavy atom. The van der Waals surface area contributed by atoms with Crippen LogP contribution in [0.5, 0.6) is 0 Å². The summed E-state index contributed by atoms with van der Waals surface area (Å²) in [7, 11) is 1.84. The molecule has 0 fully saturated rings. The molecule has 29 heavy (non-hydrogen) atoms. The average Bonchev–Trinajstić information content (AvgIpc) is 2.70. The summed E-state index contributed by atoms with van der Waals surface area (Å²) in [6.45, 7) is 4.82. The minimum absolute atomic E-state index is 0.0224. The molecular formula is C25H27F2NO. The number of hydrogen-bond donors (Lipinski definition) is 1. The summed E-state index contributed by atoms with van der Waals surface area (Å²) in [4.78, 5) is 1.87. The van der Waals surface area contributed by atoms with Crippen LogP contribution in [0.25, 0.3) is 22.3 Å². The lowest BCUT2D eigenvalue weighted by Crippen LogP contribution is -2.23. The largest absolute Gasteiger partial charge is 0.395 e. The van der Waals surface area contributed by atoms with E-state index < -0.39 is 0 Å². The first-order valence-corrected chi connectivity index (χ1v) is 9.91. The molecule has 3 rings (SSSR count). The minimum atomic E-state index is -0.343. The third kappa shape index (κ3) is 4.55. The van der Waals surface area contributed by atoms with E-state index in [-0.39, 0.29) is 18.2 Å². The second-order valence-electron chi connectivity index (χ2n) is 7.39. The summed E-state index contributed by atoms with van der Waals surface area (Å²) in [5.74, 6) is -0.682. The van der Waals surface area contributed by atoms with Crippen LogP contribution < -0.4 is 0 Å². The van der Waals surface area contributed by atoms with E-state index in [0.29, 0.717) is 41.8 Å². The Balaban J connectivity index is 2.07. The molecular weight excluding hydrogens is 368 g/mol. The number of nitrogens with zero attached hydrogens (tertiary/aromatic N) is 1. The number of halogens is 2. The molecule has 0 radical (unpaired) electrons. The number of aliphatic hydroxyl groups excluding tert-OH is 1. The van der Waals surface area contributed by atoms with Crippen LogP contribution in [0.2, 0.25) is 0 Å². The van der Waals surface area contributed by atoms with Gasteiger partial charge in [-0.3, -0.25) is 4.90 Å². The van der Waals surface area contributed by atoms with Crippen molar-refractivity contribution >= 4 is 0 Å². The summed E-state index contributed by atoms with van der Waals surface area (Å²) in [5, 5.41) is 9.10. The molecule has 0 spiro atoms. The van der Waals surface area contributed by atoms with Crippen LogP contribution in [-0.4, -0.2) is 30.2 Å². The van der Waals surface area contributed by atoms with Crippen LogP contribution in [0.15, 0.2) is 54.6 Å². The van der Waals surface area contributed by atoms with Crippen LogP contribution in [0.4, 0.5) is 8.78 Å². The van der Waals surface area contributed by atoms with Crippen molar-refractivity contribution in [2.24, 2.45) is 0 Å². The van der Waals surface area contributed by atoms with Gasteiger partial charge in [0.2, 0.25) is 0 Å². The van der Waals surface area contributed by atoms with E-state index in [1.807, 2.05) is 62.2 Å². The minimum Gasteiger partial charge on any atom is -0.395 e. The van der Waals surface area contributed by atoms with E-state index in [1.165, 1.54) is 6.07 Å². The first-order valence-electron chi connectivity index (χ1n) is 9.91. The SMILES string of the molecule is CCc1cc(-c2cccc(-c3ccccc3C)c2F)cc(F)c1CN(C)CCO. The Bertz CT molecular complexity index is 1000. The molecule has 3 aromatic rings. The first-order chi connectivity index (χ1) is 14.0.